The fourth-order valence-corrected chi connectivity index (χ4v) is 3.65. The Bertz CT molecular complexity index is 1270. The molecule has 134 valence electrons. The van der Waals surface area contributed by atoms with Gasteiger partial charge in [0.15, 0.2) is 0 Å². The van der Waals surface area contributed by atoms with Crippen LogP contribution in [0.5, 0.6) is 0 Å². The van der Waals surface area contributed by atoms with E-state index in [2.05, 4.69) is 26.4 Å². The van der Waals surface area contributed by atoms with Gasteiger partial charge in [-0.15, -0.1) is 10.2 Å². The molecule has 7 heteroatoms. The SMILES string of the molecule is [C-]#[N+]c1ccc(N/C(=C\C)c2nnc(-c3ccc(C#N)cc3)o2)c2ccsc12. The van der Waals surface area contributed by atoms with E-state index in [4.69, 9.17) is 16.3 Å². The van der Waals surface area contributed by atoms with Crippen LogP contribution in [0, 0.1) is 17.9 Å². The zero-order valence-corrected chi connectivity index (χ0v) is 15.6. The molecule has 4 aromatic rings. The molecule has 0 aliphatic carbocycles. The Balaban J connectivity index is 1.64. The highest BCUT2D eigenvalue weighted by Crippen LogP contribution is 2.37. The number of nitrogens with zero attached hydrogens (tertiary/aromatic N) is 4. The lowest BCUT2D eigenvalue weighted by atomic mass is 10.1. The molecule has 0 atom stereocenters. The minimum Gasteiger partial charge on any atom is -0.415 e. The van der Waals surface area contributed by atoms with Crippen molar-refractivity contribution in [2.75, 3.05) is 5.32 Å². The summed E-state index contributed by atoms with van der Waals surface area (Å²) in [6.45, 7) is 9.19. The monoisotopic (exact) mass is 383 g/mol. The molecule has 0 fully saturated rings. The van der Waals surface area contributed by atoms with Gasteiger partial charge in [-0.3, -0.25) is 0 Å². The summed E-state index contributed by atoms with van der Waals surface area (Å²) in [5.74, 6) is 0.740. The van der Waals surface area contributed by atoms with Crippen molar-refractivity contribution >= 4 is 38.5 Å². The third kappa shape index (κ3) is 3.11. The number of anilines is 1. The summed E-state index contributed by atoms with van der Waals surface area (Å²) in [6.07, 6.45) is 1.86. The second-order valence-corrected chi connectivity index (χ2v) is 6.75. The van der Waals surface area contributed by atoms with Crippen molar-refractivity contribution in [2.24, 2.45) is 0 Å². The normalized spacial score (nSPS) is 11.2. The average molecular weight is 383 g/mol. The van der Waals surface area contributed by atoms with Crippen LogP contribution in [-0.2, 0) is 0 Å². The summed E-state index contributed by atoms with van der Waals surface area (Å²) < 4.78 is 6.77. The van der Waals surface area contributed by atoms with Crippen LogP contribution in [0.15, 0.2) is 58.3 Å². The minimum absolute atomic E-state index is 0.361. The summed E-state index contributed by atoms with van der Waals surface area (Å²) in [6, 6.07) is 14.7. The number of hydrogen-bond donors (Lipinski definition) is 1. The number of hydrogen-bond acceptors (Lipinski definition) is 6. The number of allylic oxidation sites excluding steroid dienone is 1. The Morgan fingerprint density at radius 3 is 2.75 bits per heavy atom. The lowest BCUT2D eigenvalue weighted by Gasteiger charge is -2.09. The molecule has 0 unspecified atom stereocenters. The summed E-state index contributed by atoms with van der Waals surface area (Å²) in [5.41, 5.74) is 3.50. The second-order valence-electron chi connectivity index (χ2n) is 5.84. The van der Waals surface area contributed by atoms with E-state index in [0.29, 0.717) is 28.7 Å². The minimum atomic E-state index is 0.361. The summed E-state index contributed by atoms with van der Waals surface area (Å²) in [5, 5.41) is 23.4. The molecular formula is C21H13N5OS. The second kappa shape index (κ2) is 7.36. The van der Waals surface area contributed by atoms with Gasteiger partial charge in [0.05, 0.1) is 23.9 Å². The van der Waals surface area contributed by atoms with Gasteiger partial charge >= 0.3 is 0 Å². The molecule has 2 aromatic carbocycles. The number of aromatic nitrogens is 2. The molecule has 0 saturated heterocycles. The quantitative estimate of drug-likeness (QED) is 0.447. The van der Waals surface area contributed by atoms with E-state index in [1.807, 2.05) is 30.5 Å². The van der Waals surface area contributed by atoms with E-state index in [-0.39, 0.29) is 0 Å². The summed E-state index contributed by atoms with van der Waals surface area (Å²) in [7, 11) is 0. The predicted molar refractivity (Wildman–Crippen MR) is 110 cm³/mol. The van der Waals surface area contributed by atoms with Gasteiger partial charge in [0.2, 0.25) is 11.6 Å². The van der Waals surface area contributed by atoms with Crippen molar-refractivity contribution < 1.29 is 4.42 Å². The van der Waals surface area contributed by atoms with Crippen molar-refractivity contribution in [1.82, 2.24) is 10.2 Å². The van der Waals surface area contributed by atoms with Crippen molar-refractivity contribution in [1.29, 1.82) is 5.26 Å². The summed E-state index contributed by atoms with van der Waals surface area (Å²) in [4.78, 5) is 3.58. The smallest absolute Gasteiger partial charge is 0.264 e. The van der Waals surface area contributed by atoms with Crippen LogP contribution < -0.4 is 5.32 Å². The Morgan fingerprint density at radius 2 is 2.04 bits per heavy atom. The van der Waals surface area contributed by atoms with E-state index < -0.39 is 0 Å². The summed E-state index contributed by atoms with van der Waals surface area (Å²) >= 11 is 1.54. The highest BCUT2D eigenvalue weighted by atomic mass is 32.1. The Kier molecular flexibility index (Phi) is 4.59. The Hall–Kier alpha value is -3.94. The van der Waals surface area contributed by atoms with Gasteiger partial charge in [-0.25, -0.2) is 4.85 Å². The first kappa shape index (κ1) is 17.5. The van der Waals surface area contributed by atoms with Gasteiger partial charge in [-0.2, -0.15) is 16.6 Å². The third-order valence-electron chi connectivity index (χ3n) is 4.19. The molecule has 0 saturated carbocycles. The number of nitriles is 1. The molecule has 0 radical (unpaired) electrons. The van der Waals surface area contributed by atoms with Gasteiger partial charge in [0, 0.05) is 21.3 Å². The number of thiophene rings is 1. The predicted octanol–water partition coefficient (Wildman–Crippen LogP) is 5.85. The first-order valence-corrected chi connectivity index (χ1v) is 9.27. The first-order valence-electron chi connectivity index (χ1n) is 8.39. The van der Waals surface area contributed by atoms with Crippen LogP contribution in [0.25, 0.3) is 32.1 Å². The molecule has 0 aliphatic heterocycles. The van der Waals surface area contributed by atoms with Crippen LogP contribution >= 0.6 is 11.3 Å². The van der Waals surface area contributed by atoms with Crippen molar-refractivity contribution in [3.8, 4) is 17.5 Å². The van der Waals surface area contributed by atoms with Crippen LogP contribution in [0.2, 0.25) is 0 Å². The molecule has 6 nitrogen and oxygen atoms in total. The third-order valence-corrected chi connectivity index (χ3v) is 5.13. The van der Waals surface area contributed by atoms with Crippen LogP contribution in [0.1, 0.15) is 18.4 Å². The molecule has 0 spiro atoms. The zero-order chi connectivity index (χ0) is 19.5. The van der Waals surface area contributed by atoms with Crippen molar-refractivity contribution in [3.05, 3.63) is 76.8 Å². The molecule has 1 N–H and O–H groups in total. The van der Waals surface area contributed by atoms with Crippen LogP contribution in [0.3, 0.4) is 0 Å². The highest BCUT2D eigenvalue weighted by Gasteiger charge is 2.14. The van der Waals surface area contributed by atoms with Gasteiger partial charge in [0.25, 0.3) is 5.89 Å². The van der Waals surface area contributed by atoms with Gasteiger partial charge in [0.1, 0.15) is 0 Å². The Morgan fingerprint density at radius 1 is 1.21 bits per heavy atom. The Labute approximate surface area is 165 Å². The largest absolute Gasteiger partial charge is 0.415 e. The van der Waals surface area contributed by atoms with E-state index in [1.54, 1.807) is 41.7 Å². The van der Waals surface area contributed by atoms with Gasteiger partial charge in [-0.05, 0) is 48.7 Å². The maximum absolute atomic E-state index is 8.91. The number of nitrogens with one attached hydrogen (secondary N) is 1. The van der Waals surface area contributed by atoms with E-state index in [0.717, 1.165) is 21.3 Å². The van der Waals surface area contributed by atoms with E-state index in [1.165, 1.54) is 0 Å². The molecular weight excluding hydrogens is 370 g/mol. The number of benzene rings is 2. The van der Waals surface area contributed by atoms with Crippen molar-refractivity contribution in [2.45, 2.75) is 6.92 Å². The molecule has 2 aromatic heterocycles. The van der Waals surface area contributed by atoms with E-state index in [9.17, 15) is 0 Å². The van der Waals surface area contributed by atoms with Crippen LogP contribution in [0.4, 0.5) is 11.4 Å². The standard InChI is InChI=1S/C21H13N5OS/c1-3-16(24-17-8-9-18(23-2)19-15(17)10-11-28-19)21-26-25-20(27-21)14-6-4-13(12-22)5-7-14/h3-11,24H,1H3/b16-3-. The molecule has 0 aliphatic rings. The maximum Gasteiger partial charge on any atom is 0.264 e. The van der Waals surface area contributed by atoms with Gasteiger partial charge < -0.3 is 9.73 Å². The van der Waals surface area contributed by atoms with Crippen molar-refractivity contribution in [3.63, 3.8) is 0 Å². The fourth-order valence-electron chi connectivity index (χ4n) is 2.77. The number of rotatable bonds is 4. The molecule has 0 amide bonds. The van der Waals surface area contributed by atoms with Crippen LogP contribution in [-0.4, -0.2) is 10.2 Å². The fraction of sp³-hybridized carbons (Fsp3) is 0.0476. The molecule has 2 heterocycles. The molecule has 0 bridgehead atoms. The first-order chi connectivity index (χ1) is 13.7. The topological polar surface area (TPSA) is 79.1 Å². The molecule has 4 rings (SSSR count). The maximum atomic E-state index is 8.91. The zero-order valence-electron chi connectivity index (χ0n) is 14.8. The van der Waals surface area contributed by atoms with E-state index >= 15 is 0 Å². The lowest BCUT2D eigenvalue weighted by molar-refractivity contribution is 0.553. The average Bonchev–Trinajstić information content (AvgIpc) is 3.42. The number of fused-ring (bicyclic) bond motifs is 1. The lowest BCUT2D eigenvalue weighted by Crippen LogP contribution is -1.99. The van der Waals surface area contributed by atoms with Gasteiger partial charge in [-0.1, -0.05) is 12.1 Å². The highest BCUT2D eigenvalue weighted by molar-refractivity contribution is 7.18. The molecule has 28 heavy (non-hydrogen) atoms.